The fraction of sp³-hybridized carbons (Fsp3) is 0.619. The van der Waals surface area contributed by atoms with Gasteiger partial charge < -0.3 is 10.6 Å². The summed E-state index contributed by atoms with van der Waals surface area (Å²) in [5, 5.41) is 6.03. The highest BCUT2D eigenvalue weighted by Crippen LogP contribution is 2.38. The van der Waals surface area contributed by atoms with E-state index >= 15 is 0 Å². The molecule has 1 aromatic carbocycles. The summed E-state index contributed by atoms with van der Waals surface area (Å²) >= 11 is 0. The number of carbonyl (C=O) groups is 2. The monoisotopic (exact) mass is 375 g/mol. The number of fused-ring (bicyclic) bond motifs is 2. The van der Waals surface area contributed by atoms with Gasteiger partial charge in [0.05, 0.1) is 6.54 Å². The highest BCUT2D eigenvalue weighted by atomic mass is 19.1. The first kappa shape index (κ1) is 19.8. The van der Waals surface area contributed by atoms with Gasteiger partial charge in [0, 0.05) is 29.7 Å². The topological polar surface area (TPSA) is 61.4 Å². The van der Waals surface area contributed by atoms with E-state index in [1.165, 1.54) is 24.3 Å². The molecule has 2 aliphatic rings. The van der Waals surface area contributed by atoms with E-state index < -0.39 is 0 Å². The maximum atomic E-state index is 13.0. The zero-order valence-corrected chi connectivity index (χ0v) is 16.4. The van der Waals surface area contributed by atoms with Gasteiger partial charge in [0.1, 0.15) is 5.82 Å². The lowest BCUT2D eigenvalue weighted by atomic mass is 9.90. The Bertz CT molecular complexity index is 670. The molecule has 0 aromatic heterocycles. The molecule has 2 saturated heterocycles. The van der Waals surface area contributed by atoms with Crippen LogP contribution in [0.2, 0.25) is 0 Å². The standard InChI is InChI=1S/C21H30FN3O2/c1-21(2,3)24-19(26)13-25-17-8-9-18(25)11-14(10-17)12-23-20(27)15-4-6-16(22)7-5-15/h4-7,14,17-18H,8-13H2,1-3H3,(H,23,27)(H,24,26)/t14-,17-,18+. The number of rotatable bonds is 5. The van der Waals surface area contributed by atoms with Crippen LogP contribution in [0.3, 0.4) is 0 Å². The molecule has 3 rings (SSSR count). The van der Waals surface area contributed by atoms with Crippen molar-refractivity contribution < 1.29 is 14.0 Å². The molecule has 148 valence electrons. The summed E-state index contributed by atoms with van der Waals surface area (Å²) in [6, 6.07) is 6.45. The first-order valence-electron chi connectivity index (χ1n) is 9.82. The van der Waals surface area contributed by atoms with Crippen LogP contribution in [0.4, 0.5) is 4.39 Å². The van der Waals surface area contributed by atoms with E-state index in [2.05, 4.69) is 15.5 Å². The Balaban J connectivity index is 1.49. The number of hydrogen-bond donors (Lipinski definition) is 2. The number of hydrogen-bond acceptors (Lipinski definition) is 3. The Labute approximate surface area is 160 Å². The zero-order chi connectivity index (χ0) is 19.6. The van der Waals surface area contributed by atoms with E-state index in [-0.39, 0.29) is 23.2 Å². The van der Waals surface area contributed by atoms with Crippen LogP contribution in [0.5, 0.6) is 0 Å². The lowest BCUT2D eigenvalue weighted by Gasteiger charge is -2.39. The molecular weight excluding hydrogens is 345 g/mol. The van der Waals surface area contributed by atoms with Crippen LogP contribution in [0.25, 0.3) is 0 Å². The molecule has 6 heteroatoms. The molecule has 0 aliphatic carbocycles. The molecule has 2 fully saturated rings. The second kappa shape index (κ2) is 7.97. The Morgan fingerprint density at radius 1 is 1.11 bits per heavy atom. The van der Waals surface area contributed by atoms with Crippen molar-refractivity contribution in [2.24, 2.45) is 5.92 Å². The van der Waals surface area contributed by atoms with Gasteiger partial charge in [-0.15, -0.1) is 0 Å². The number of nitrogens with one attached hydrogen (secondary N) is 2. The van der Waals surface area contributed by atoms with Crippen molar-refractivity contribution in [3.05, 3.63) is 35.6 Å². The first-order valence-corrected chi connectivity index (χ1v) is 9.82. The third-order valence-corrected chi connectivity index (χ3v) is 5.48. The van der Waals surface area contributed by atoms with Crippen LogP contribution in [0.1, 0.15) is 56.8 Å². The zero-order valence-electron chi connectivity index (χ0n) is 16.4. The van der Waals surface area contributed by atoms with Crippen molar-refractivity contribution in [1.29, 1.82) is 0 Å². The number of nitrogens with zero attached hydrogens (tertiary/aromatic N) is 1. The lowest BCUT2D eigenvalue weighted by molar-refractivity contribution is -0.125. The van der Waals surface area contributed by atoms with Crippen LogP contribution in [0, 0.1) is 11.7 Å². The maximum Gasteiger partial charge on any atom is 0.251 e. The minimum absolute atomic E-state index is 0.0856. The second-order valence-corrected chi connectivity index (χ2v) is 8.91. The highest BCUT2D eigenvalue weighted by Gasteiger charge is 2.41. The maximum absolute atomic E-state index is 13.0. The summed E-state index contributed by atoms with van der Waals surface area (Å²) in [5.74, 6) is 0.0108. The van der Waals surface area contributed by atoms with Crippen molar-refractivity contribution in [2.75, 3.05) is 13.1 Å². The Hall–Kier alpha value is -1.95. The third-order valence-electron chi connectivity index (χ3n) is 5.48. The van der Waals surface area contributed by atoms with Gasteiger partial charge >= 0.3 is 0 Å². The van der Waals surface area contributed by atoms with Gasteiger partial charge in [-0.1, -0.05) is 0 Å². The fourth-order valence-electron chi connectivity index (χ4n) is 4.38. The summed E-state index contributed by atoms with van der Waals surface area (Å²) in [4.78, 5) is 26.9. The van der Waals surface area contributed by atoms with Crippen LogP contribution in [-0.4, -0.2) is 47.4 Å². The molecule has 2 bridgehead atoms. The normalized spacial score (nSPS) is 25.3. The number of benzene rings is 1. The molecule has 0 saturated carbocycles. The number of piperidine rings is 1. The minimum Gasteiger partial charge on any atom is -0.352 e. The molecule has 2 heterocycles. The van der Waals surface area contributed by atoms with E-state index in [1.807, 2.05) is 20.8 Å². The molecule has 3 atom stereocenters. The third kappa shape index (κ3) is 5.28. The predicted octanol–water partition coefficient (Wildman–Crippen LogP) is 2.71. The number of halogens is 1. The van der Waals surface area contributed by atoms with Crippen molar-refractivity contribution in [3.63, 3.8) is 0 Å². The molecule has 0 spiro atoms. The van der Waals surface area contributed by atoms with Crippen LogP contribution < -0.4 is 10.6 Å². The van der Waals surface area contributed by atoms with E-state index in [0.717, 1.165) is 25.7 Å². The average molecular weight is 375 g/mol. The number of carbonyl (C=O) groups excluding carboxylic acids is 2. The average Bonchev–Trinajstić information content (AvgIpc) is 2.80. The van der Waals surface area contributed by atoms with Crippen LogP contribution >= 0.6 is 0 Å². The van der Waals surface area contributed by atoms with Gasteiger partial charge in [-0.3, -0.25) is 14.5 Å². The molecule has 0 unspecified atom stereocenters. The lowest BCUT2D eigenvalue weighted by Crippen LogP contribution is -2.52. The molecule has 2 aliphatic heterocycles. The predicted molar refractivity (Wildman–Crippen MR) is 103 cm³/mol. The van der Waals surface area contributed by atoms with Gasteiger partial charge in [0.15, 0.2) is 0 Å². The van der Waals surface area contributed by atoms with Gasteiger partial charge in [0.25, 0.3) is 5.91 Å². The van der Waals surface area contributed by atoms with E-state index in [4.69, 9.17) is 0 Å². The largest absolute Gasteiger partial charge is 0.352 e. The smallest absolute Gasteiger partial charge is 0.251 e. The van der Waals surface area contributed by atoms with Crippen molar-refractivity contribution in [1.82, 2.24) is 15.5 Å². The van der Waals surface area contributed by atoms with Crippen molar-refractivity contribution in [2.45, 2.75) is 64.1 Å². The molecule has 1 aromatic rings. The van der Waals surface area contributed by atoms with E-state index in [9.17, 15) is 14.0 Å². The second-order valence-electron chi connectivity index (χ2n) is 8.91. The molecule has 2 amide bonds. The quantitative estimate of drug-likeness (QED) is 0.832. The summed E-state index contributed by atoms with van der Waals surface area (Å²) < 4.78 is 13.0. The minimum atomic E-state index is -0.342. The van der Waals surface area contributed by atoms with Gasteiger partial charge in [-0.25, -0.2) is 4.39 Å². The Kier molecular flexibility index (Phi) is 5.84. The highest BCUT2D eigenvalue weighted by molar-refractivity contribution is 5.94. The summed E-state index contributed by atoms with van der Waals surface area (Å²) in [6.07, 6.45) is 4.25. The van der Waals surface area contributed by atoms with Gasteiger partial charge in [0.2, 0.25) is 5.91 Å². The Morgan fingerprint density at radius 3 is 2.26 bits per heavy atom. The molecule has 5 nitrogen and oxygen atoms in total. The fourth-order valence-corrected chi connectivity index (χ4v) is 4.38. The van der Waals surface area contributed by atoms with E-state index in [0.29, 0.717) is 36.7 Å². The molecular formula is C21H30FN3O2. The van der Waals surface area contributed by atoms with Gasteiger partial charge in [-0.2, -0.15) is 0 Å². The first-order chi connectivity index (χ1) is 12.7. The van der Waals surface area contributed by atoms with Crippen LogP contribution in [-0.2, 0) is 4.79 Å². The van der Waals surface area contributed by atoms with Crippen LogP contribution in [0.15, 0.2) is 24.3 Å². The molecule has 2 N–H and O–H groups in total. The molecule has 27 heavy (non-hydrogen) atoms. The van der Waals surface area contributed by atoms with Crippen molar-refractivity contribution in [3.8, 4) is 0 Å². The molecule has 0 radical (unpaired) electrons. The summed E-state index contributed by atoms with van der Waals surface area (Å²) in [6.45, 7) is 7.08. The summed E-state index contributed by atoms with van der Waals surface area (Å²) in [5.41, 5.74) is 0.273. The number of amides is 2. The van der Waals surface area contributed by atoms with Crippen molar-refractivity contribution >= 4 is 11.8 Å². The van der Waals surface area contributed by atoms with E-state index in [1.54, 1.807) is 0 Å². The summed E-state index contributed by atoms with van der Waals surface area (Å²) in [7, 11) is 0. The Morgan fingerprint density at radius 2 is 1.70 bits per heavy atom. The SMILES string of the molecule is CC(C)(C)NC(=O)CN1[C@@H]2CC[C@H]1C[C@H](CNC(=O)c1ccc(F)cc1)C2. The van der Waals surface area contributed by atoms with Gasteiger partial charge in [-0.05, 0) is 76.6 Å².